The fourth-order valence-electron chi connectivity index (χ4n) is 6.58. The van der Waals surface area contributed by atoms with Crippen molar-refractivity contribution in [1.29, 1.82) is 0 Å². The first-order chi connectivity index (χ1) is 16.2. The van der Waals surface area contributed by atoms with Gasteiger partial charge in [0.25, 0.3) is 0 Å². The molecule has 3 aliphatic heterocycles. The third-order valence-electron chi connectivity index (χ3n) is 8.69. The van der Waals surface area contributed by atoms with Crippen molar-refractivity contribution in [3.8, 4) is 5.75 Å². The van der Waals surface area contributed by atoms with Crippen molar-refractivity contribution in [3.63, 3.8) is 0 Å². The number of para-hydroxylation sites is 1. The first kappa shape index (κ1) is 22.9. The molecule has 0 amide bonds. The van der Waals surface area contributed by atoms with Gasteiger partial charge in [0.1, 0.15) is 37.2 Å². The summed E-state index contributed by atoms with van der Waals surface area (Å²) in [5.74, 6) is 1.87. The van der Waals surface area contributed by atoms with E-state index in [0.717, 1.165) is 48.3 Å². The molecule has 4 heteroatoms. The van der Waals surface area contributed by atoms with Crippen molar-refractivity contribution < 1.29 is 19.1 Å². The summed E-state index contributed by atoms with van der Waals surface area (Å²) in [7, 11) is 0. The van der Waals surface area contributed by atoms with Crippen LogP contribution in [0.1, 0.15) is 50.5 Å². The van der Waals surface area contributed by atoms with Crippen LogP contribution in [0.5, 0.6) is 5.75 Å². The van der Waals surface area contributed by atoms with Crippen molar-refractivity contribution in [1.82, 2.24) is 0 Å². The molecule has 1 aliphatic carbocycles. The Labute approximate surface area is 199 Å². The van der Waals surface area contributed by atoms with Crippen LogP contribution in [0.25, 0.3) is 0 Å². The van der Waals surface area contributed by atoms with Crippen LogP contribution < -0.4 is 4.74 Å². The van der Waals surface area contributed by atoms with E-state index >= 15 is 0 Å². The molecular weight excluding hydrogens is 410 g/mol. The quantitative estimate of drug-likeness (QED) is 0.537. The van der Waals surface area contributed by atoms with E-state index in [2.05, 4.69) is 12.1 Å². The van der Waals surface area contributed by atoms with Gasteiger partial charge in [0.15, 0.2) is 0 Å². The number of hydrogen-bond donors (Lipinski definition) is 1. The van der Waals surface area contributed by atoms with E-state index in [0.29, 0.717) is 12.5 Å². The smallest absolute Gasteiger partial charge is 0.137 e. The standard InChI is InChI=1S/C29H40NO3/c31-29(25-10-4-1-5-11-25,26-12-6-2-7-13-26)23-33-28-22-30(18-16-24(28)17-19-30)20-21-32-27-14-8-3-9-15-27/h1,3-5,8-11,14-15,24,26,28,31H,2,6-7,12-13,16-23H2/q+1/t24?,28-,29+,30?/m0/s1. The first-order valence-electron chi connectivity index (χ1n) is 13.1. The molecule has 0 aromatic heterocycles. The van der Waals surface area contributed by atoms with Gasteiger partial charge in [-0.25, -0.2) is 0 Å². The molecular formula is C29H40NO3+. The molecule has 2 aromatic carbocycles. The van der Waals surface area contributed by atoms with Gasteiger partial charge in [0.2, 0.25) is 0 Å². The summed E-state index contributed by atoms with van der Waals surface area (Å²) < 4.78 is 13.8. The van der Waals surface area contributed by atoms with Gasteiger partial charge >= 0.3 is 0 Å². The molecule has 178 valence electrons. The minimum Gasteiger partial charge on any atom is -0.488 e. The van der Waals surface area contributed by atoms with Crippen molar-refractivity contribution in [2.24, 2.45) is 11.8 Å². The summed E-state index contributed by atoms with van der Waals surface area (Å²) in [6, 6.07) is 20.4. The predicted molar refractivity (Wildman–Crippen MR) is 131 cm³/mol. The van der Waals surface area contributed by atoms with Crippen molar-refractivity contribution in [3.05, 3.63) is 66.2 Å². The average Bonchev–Trinajstić information content (AvgIpc) is 2.89. The number of ether oxygens (including phenoxy) is 2. The lowest BCUT2D eigenvalue weighted by Crippen LogP contribution is -2.65. The zero-order valence-corrected chi connectivity index (χ0v) is 19.9. The maximum Gasteiger partial charge on any atom is 0.137 e. The molecule has 4 aliphatic rings. The molecule has 3 heterocycles. The number of rotatable bonds is 9. The van der Waals surface area contributed by atoms with Gasteiger partial charge in [-0.2, -0.15) is 0 Å². The number of fused-ring (bicyclic) bond motifs is 3. The Balaban J connectivity index is 1.23. The molecule has 0 spiro atoms. The Morgan fingerprint density at radius 3 is 2.21 bits per heavy atom. The highest BCUT2D eigenvalue weighted by Gasteiger charge is 2.48. The third-order valence-corrected chi connectivity index (χ3v) is 8.69. The Hall–Kier alpha value is -1.88. The van der Waals surface area contributed by atoms with E-state index in [-0.39, 0.29) is 12.0 Å². The van der Waals surface area contributed by atoms with E-state index < -0.39 is 5.60 Å². The van der Waals surface area contributed by atoms with Gasteiger partial charge in [0, 0.05) is 18.8 Å². The predicted octanol–water partition coefficient (Wildman–Crippen LogP) is 5.16. The van der Waals surface area contributed by atoms with Crippen LogP contribution >= 0.6 is 0 Å². The zero-order valence-electron chi connectivity index (χ0n) is 19.9. The maximum atomic E-state index is 12.0. The first-order valence-corrected chi connectivity index (χ1v) is 13.1. The average molecular weight is 451 g/mol. The minimum absolute atomic E-state index is 0.239. The second-order valence-corrected chi connectivity index (χ2v) is 10.7. The largest absolute Gasteiger partial charge is 0.488 e. The van der Waals surface area contributed by atoms with Crippen LogP contribution in [0.2, 0.25) is 0 Å². The van der Waals surface area contributed by atoms with Crippen LogP contribution in [0.4, 0.5) is 0 Å². The van der Waals surface area contributed by atoms with Crippen molar-refractivity contribution >= 4 is 0 Å². The molecule has 33 heavy (non-hydrogen) atoms. The van der Waals surface area contributed by atoms with Crippen LogP contribution in [-0.2, 0) is 10.3 Å². The monoisotopic (exact) mass is 450 g/mol. The summed E-state index contributed by atoms with van der Waals surface area (Å²) in [5, 5.41) is 12.0. The van der Waals surface area contributed by atoms with Crippen LogP contribution in [0.15, 0.2) is 60.7 Å². The zero-order chi connectivity index (χ0) is 22.6. The minimum atomic E-state index is -0.880. The second kappa shape index (κ2) is 10.2. The van der Waals surface area contributed by atoms with Crippen LogP contribution in [0.3, 0.4) is 0 Å². The van der Waals surface area contributed by atoms with E-state index in [9.17, 15) is 5.11 Å². The molecule has 0 unspecified atom stereocenters. The Morgan fingerprint density at radius 1 is 0.848 bits per heavy atom. The van der Waals surface area contributed by atoms with Crippen LogP contribution in [0, 0.1) is 11.8 Å². The SMILES string of the molecule is O[C@](CO[C@H]1C[N+]2(CCOc3ccccc3)CCC1CC2)(c1ccccc1)C1CCCCC1. The van der Waals surface area contributed by atoms with E-state index in [1.54, 1.807) is 0 Å². The molecule has 1 N–H and O–H groups in total. The highest BCUT2D eigenvalue weighted by atomic mass is 16.5. The van der Waals surface area contributed by atoms with Gasteiger partial charge in [-0.3, -0.25) is 0 Å². The third kappa shape index (κ3) is 5.13. The summed E-state index contributed by atoms with van der Waals surface area (Å²) in [5.41, 5.74) is 0.146. The van der Waals surface area contributed by atoms with Gasteiger partial charge in [0.05, 0.1) is 19.7 Å². The molecule has 4 nitrogen and oxygen atoms in total. The maximum absolute atomic E-state index is 12.0. The lowest BCUT2D eigenvalue weighted by molar-refractivity contribution is -0.946. The number of quaternary nitrogens is 1. The molecule has 2 bridgehead atoms. The second-order valence-electron chi connectivity index (χ2n) is 10.7. The molecule has 2 aromatic rings. The van der Waals surface area contributed by atoms with Crippen molar-refractivity contribution in [2.45, 2.75) is 56.7 Å². The molecule has 6 rings (SSSR count). The molecule has 3 saturated heterocycles. The summed E-state index contributed by atoms with van der Waals surface area (Å²) in [6.45, 7) is 5.72. The van der Waals surface area contributed by atoms with Gasteiger partial charge in [-0.1, -0.05) is 67.8 Å². The summed E-state index contributed by atoms with van der Waals surface area (Å²) in [6.07, 6.45) is 8.60. The van der Waals surface area contributed by atoms with Gasteiger partial charge in [-0.15, -0.1) is 0 Å². The molecule has 0 radical (unpaired) electrons. The number of aliphatic hydroxyl groups is 1. The highest BCUT2D eigenvalue weighted by Crippen LogP contribution is 2.41. The lowest BCUT2D eigenvalue weighted by Gasteiger charge is -2.52. The summed E-state index contributed by atoms with van der Waals surface area (Å²) >= 11 is 0. The molecule has 1 saturated carbocycles. The summed E-state index contributed by atoms with van der Waals surface area (Å²) in [4.78, 5) is 0. The number of hydrogen-bond acceptors (Lipinski definition) is 3. The highest BCUT2D eigenvalue weighted by molar-refractivity contribution is 5.24. The van der Waals surface area contributed by atoms with Crippen LogP contribution in [-0.4, -0.2) is 55.1 Å². The Kier molecular flexibility index (Phi) is 7.05. The Morgan fingerprint density at radius 2 is 1.52 bits per heavy atom. The number of benzene rings is 2. The van der Waals surface area contributed by atoms with E-state index in [1.807, 2.05) is 48.5 Å². The van der Waals surface area contributed by atoms with Gasteiger partial charge < -0.3 is 19.1 Å². The lowest BCUT2D eigenvalue weighted by atomic mass is 9.73. The van der Waals surface area contributed by atoms with E-state index in [4.69, 9.17) is 9.47 Å². The molecule has 4 fully saturated rings. The van der Waals surface area contributed by atoms with Crippen molar-refractivity contribution in [2.75, 3.05) is 39.4 Å². The van der Waals surface area contributed by atoms with E-state index in [1.165, 1.54) is 45.2 Å². The fourth-order valence-corrected chi connectivity index (χ4v) is 6.58. The number of nitrogens with zero attached hydrogens (tertiary/aromatic N) is 1. The normalized spacial score (nSPS) is 29.5. The fraction of sp³-hybridized carbons (Fsp3) is 0.586. The molecule has 2 atom stereocenters. The van der Waals surface area contributed by atoms with Gasteiger partial charge in [-0.05, 0) is 36.5 Å². The number of piperidine rings is 3. The topological polar surface area (TPSA) is 38.7 Å². The Bertz CT molecular complexity index is 859.